The van der Waals surface area contributed by atoms with E-state index < -0.39 is 0 Å². The quantitative estimate of drug-likeness (QED) is 0.781. The third-order valence-corrected chi connectivity index (χ3v) is 4.47. The van der Waals surface area contributed by atoms with E-state index in [0.717, 1.165) is 31.1 Å². The lowest BCUT2D eigenvalue weighted by Gasteiger charge is -2.13. The minimum atomic E-state index is 0.460. The second-order valence-electron chi connectivity index (χ2n) is 4.46. The molecule has 2 rings (SSSR count). The molecule has 1 fully saturated rings. The van der Waals surface area contributed by atoms with Gasteiger partial charge in [0.05, 0.1) is 0 Å². The predicted molar refractivity (Wildman–Crippen MR) is 74.8 cm³/mol. The van der Waals surface area contributed by atoms with Crippen LogP contribution in [0.1, 0.15) is 26.2 Å². The van der Waals surface area contributed by atoms with E-state index >= 15 is 0 Å². The zero-order valence-corrected chi connectivity index (χ0v) is 11.3. The number of anilines is 2. The van der Waals surface area contributed by atoms with Crippen molar-refractivity contribution in [1.29, 1.82) is 0 Å². The van der Waals surface area contributed by atoms with Gasteiger partial charge in [-0.15, -0.1) is 0 Å². The zero-order valence-electron chi connectivity index (χ0n) is 10.5. The van der Waals surface area contributed by atoms with E-state index in [1.165, 1.54) is 12.8 Å². The molecule has 0 unspecified atom stereocenters. The Kier molecular flexibility index (Phi) is 4.10. The van der Waals surface area contributed by atoms with Crippen LogP contribution in [0, 0.1) is 0 Å². The standard InChI is InChI=1S/C12H20N4S/c1-3-6-13-10-7-11(16-9-15-10)14-8-12(17-2)4-5-12/h7,9H,3-6,8H2,1-2H3,(H2,13,14,15,16). The number of rotatable bonds is 7. The third kappa shape index (κ3) is 3.49. The van der Waals surface area contributed by atoms with Crippen LogP contribution < -0.4 is 10.6 Å². The molecule has 17 heavy (non-hydrogen) atoms. The number of nitrogens with zero attached hydrogens (tertiary/aromatic N) is 2. The van der Waals surface area contributed by atoms with Crippen LogP contribution in [-0.4, -0.2) is 34.1 Å². The Morgan fingerprint density at radius 2 is 2.00 bits per heavy atom. The highest BCUT2D eigenvalue weighted by Gasteiger charge is 2.41. The Morgan fingerprint density at radius 3 is 2.59 bits per heavy atom. The maximum Gasteiger partial charge on any atom is 0.131 e. The fourth-order valence-corrected chi connectivity index (χ4v) is 2.37. The molecule has 0 aromatic carbocycles. The third-order valence-electron chi connectivity index (χ3n) is 3.06. The van der Waals surface area contributed by atoms with E-state index in [1.807, 2.05) is 17.8 Å². The van der Waals surface area contributed by atoms with E-state index in [4.69, 9.17) is 0 Å². The summed E-state index contributed by atoms with van der Waals surface area (Å²) in [4.78, 5) is 8.43. The molecule has 0 amide bonds. The summed E-state index contributed by atoms with van der Waals surface area (Å²) in [6, 6.07) is 1.98. The summed E-state index contributed by atoms with van der Waals surface area (Å²) in [6.07, 6.45) is 7.52. The van der Waals surface area contributed by atoms with Gasteiger partial charge in [-0.25, -0.2) is 9.97 Å². The number of hydrogen-bond donors (Lipinski definition) is 2. The molecule has 5 heteroatoms. The van der Waals surface area contributed by atoms with E-state index in [-0.39, 0.29) is 0 Å². The highest BCUT2D eigenvalue weighted by Crippen LogP contribution is 2.46. The first-order valence-electron chi connectivity index (χ1n) is 6.13. The topological polar surface area (TPSA) is 49.8 Å². The number of aromatic nitrogens is 2. The van der Waals surface area contributed by atoms with E-state index in [1.54, 1.807) is 6.33 Å². The Balaban J connectivity index is 1.87. The minimum Gasteiger partial charge on any atom is -0.370 e. The fraction of sp³-hybridized carbons (Fsp3) is 0.667. The molecule has 1 aromatic rings. The van der Waals surface area contributed by atoms with Crippen molar-refractivity contribution in [2.75, 3.05) is 30.0 Å². The largest absolute Gasteiger partial charge is 0.370 e. The molecular formula is C12H20N4S. The summed E-state index contributed by atoms with van der Waals surface area (Å²) in [5, 5.41) is 6.67. The molecule has 0 saturated heterocycles. The van der Waals surface area contributed by atoms with Crippen molar-refractivity contribution in [2.24, 2.45) is 0 Å². The molecule has 94 valence electrons. The van der Waals surface area contributed by atoms with Crippen LogP contribution in [0.5, 0.6) is 0 Å². The maximum absolute atomic E-state index is 4.24. The van der Waals surface area contributed by atoms with Crippen molar-refractivity contribution < 1.29 is 0 Å². The van der Waals surface area contributed by atoms with Gasteiger partial charge in [-0.05, 0) is 25.5 Å². The molecule has 1 saturated carbocycles. The Labute approximate surface area is 107 Å². The van der Waals surface area contributed by atoms with Crippen molar-refractivity contribution in [3.63, 3.8) is 0 Å². The summed E-state index contributed by atoms with van der Waals surface area (Å²) >= 11 is 1.95. The summed E-state index contributed by atoms with van der Waals surface area (Å²) in [5.74, 6) is 1.82. The predicted octanol–water partition coefficient (Wildman–Crippen LogP) is 2.61. The van der Waals surface area contributed by atoms with Gasteiger partial charge in [-0.3, -0.25) is 0 Å². The zero-order chi connectivity index (χ0) is 12.1. The van der Waals surface area contributed by atoms with Gasteiger partial charge in [-0.2, -0.15) is 11.8 Å². The van der Waals surface area contributed by atoms with Gasteiger partial charge >= 0.3 is 0 Å². The van der Waals surface area contributed by atoms with Crippen molar-refractivity contribution in [2.45, 2.75) is 30.9 Å². The molecule has 1 aliphatic carbocycles. The average Bonchev–Trinajstić information content (AvgIpc) is 3.15. The number of hydrogen-bond acceptors (Lipinski definition) is 5. The maximum atomic E-state index is 4.24. The summed E-state index contributed by atoms with van der Waals surface area (Å²) < 4.78 is 0.460. The SMILES string of the molecule is CCCNc1cc(NCC2(SC)CC2)ncn1. The fourth-order valence-electron chi connectivity index (χ4n) is 1.65. The number of thioether (sulfide) groups is 1. The first-order valence-corrected chi connectivity index (χ1v) is 7.35. The van der Waals surface area contributed by atoms with Gasteiger partial charge in [0.15, 0.2) is 0 Å². The van der Waals surface area contributed by atoms with Crippen LogP contribution in [0.4, 0.5) is 11.6 Å². The lowest BCUT2D eigenvalue weighted by molar-refractivity contribution is 0.933. The van der Waals surface area contributed by atoms with Crippen molar-refractivity contribution in [3.05, 3.63) is 12.4 Å². The Morgan fingerprint density at radius 1 is 1.29 bits per heavy atom. The number of nitrogens with one attached hydrogen (secondary N) is 2. The lowest BCUT2D eigenvalue weighted by atomic mass is 10.4. The normalized spacial score (nSPS) is 16.6. The highest BCUT2D eigenvalue weighted by atomic mass is 32.2. The molecule has 0 aliphatic heterocycles. The molecule has 0 spiro atoms. The first kappa shape index (κ1) is 12.5. The molecule has 0 atom stereocenters. The molecule has 1 aromatic heterocycles. The van der Waals surface area contributed by atoms with Crippen LogP contribution in [0.15, 0.2) is 12.4 Å². The van der Waals surface area contributed by atoms with Gasteiger partial charge < -0.3 is 10.6 Å². The second kappa shape index (κ2) is 5.58. The molecular weight excluding hydrogens is 232 g/mol. The van der Waals surface area contributed by atoms with Gasteiger partial charge in [0.25, 0.3) is 0 Å². The minimum absolute atomic E-state index is 0.460. The van der Waals surface area contributed by atoms with Gasteiger partial charge in [0.1, 0.15) is 18.0 Å². The van der Waals surface area contributed by atoms with Gasteiger partial charge in [0.2, 0.25) is 0 Å². The molecule has 4 nitrogen and oxygen atoms in total. The van der Waals surface area contributed by atoms with Crippen LogP contribution in [0.2, 0.25) is 0 Å². The molecule has 2 N–H and O–H groups in total. The summed E-state index contributed by atoms with van der Waals surface area (Å²) in [7, 11) is 0. The Bertz CT molecular complexity index is 365. The first-order chi connectivity index (χ1) is 8.28. The highest BCUT2D eigenvalue weighted by molar-refractivity contribution is 8.00. The summed E-state index contributed by atoms with van der Waals surface area (Å²) in [6.45, 7) is 4.09. The molecule has 1 heterocycles. The monoisotopic (exact) mass is 252 g/mol. The molecule has 1 aliphatic rings. The van der Waals surface area contributed by atoms with E-state index in [2.05, 4.69) is 33.8 Å². The van der Waals surface area contributed by atoms with Gasteiger partial charge in [-0.1, -0.05) is 6.92 Å². The van der Waals surface area contributed by atoms with E-state index in [0.29, 0.717) is 4.75 Å². The Hall–Kier alpha value is -0.970. The van der Waals surface area contributed by atoms with Crippen LogP contribution in [0.25, 0.3) is 0 Å². The van der Waals surface area contributed by atoms with Gasteiger partial charge in [0, 0.05) is 23.9 Å². The molecule has 0 radical (unpaired) electrons. The van der Waals surface area contributed by atoms with Crippen LogP contribution >= 0.6 is 11.8 Å². The molecule has 0 bridgehead atoms. The van der Waals surface area contributed by atoms with Crippen LogP contribution in [-0.2, 0) is 0 Å². The van der Waals surface area contributed by atoms with Crippen LogP contribution in [0.3, 0.4) is 0 Å². The van der Waals surface area contributed by atoms with Crippen molar-refractivity contribution >= 4 is 23.4 Å². The second-order valence-corrected chi connectivity index (χ2v) is 5.73. The smallest absolute Gasteiger partial charge is 0.131 e. The van der Waals surface area contributed by atoms with E-state index in [9.17, 15) is 0 Å². The van der Waals surface area contributed by atoms with Crippen molar-refractivity contribution in [3.8, 4) is 0 Å². The van der Waals surface area contributed by atoms with Crippen molar-refractivity contribution in [1.82, 2.24) is 9.97 Å². The summed E-state index contributed by atoms with van der Waals surface area (Å²) in [5.41, 5.74) is 0. The lowest BCUT2D eigenvalue weighted by Crippen LogP contribution is -2.18. The average molecular weight is 252 g/mol.